The molecule has 0 spiro atoms. The SMILES string of the molecule is COc1ccc(C(=O)N2CCc3ccccc3[C@@H]2C(=O)NO)cc1. The first kappa shape index (κ1) is 16.0. The smallest absolute Gasteiger partial charge is 0.270 e. The number of amides is 2. The normalized spacial score (nSPS) is 16.2. The number of nitrogens with zero attached hydrogens (tertiary/aromatic N) is 1. The lowest BCUT2D eigenvalue weighted by Gasteiger charge is -2.35. The van der Waals surface area contributed by atoms with Crippen LogP contribution in [0.4, 0.5) is 0 Å². The number of benzene rings is 2. The highest BCUT2D eigenvalue weighted by Gasteiger charge is 2.36. The molecule has 0 bridgehead atoms. The van der Waals surface area contributed by atoms with E-state index in [2.05, 4.69) is 0 Å². The zero-order chi connectivity index (χ0) is 17.1. The van der Waals surface area contributed by atoms with Gasteiger partial charge >= 0.3 is 0 Å². The van der Waals surface area contributed by atoms with E-state index in [4.69, 9.17) is 9.94 Å². The van der Waals surface area contributed by atoms with E-state index < -0.39 is 11.9 Å². The molecule has 0 fully saturated rings. The number of rotatable bonds is 3. The van der Waals surface area contributed by atoms with Crippen molar-refractivity contribution in [3.63, 3.8) is 0 Å². The van der Waals surface area contributed by atoms with Crippen molar-refractivity contribution in [3.8, 4) is 5.75 Å². The molecule has 2 amide bonds. The van der Waals surface area contributed by atoms with Gasteiger partial charge in [-0.2, -0.15) is 0 Å². The number of ether oxygens (including phenoxy) is 1. The van der Waals surface area contributed by atoms with Gasteiger partial charge in [0.15, 0.2) is 0 Å². The Bertz CT molecular complexity index is 758. The van der Waals surface area contributed by atoms with E-state index in [0.29, 0.717) is 24.3 Å². The van der Waals surface area contributed by atoms with Crippen LogP contribution in [-0.2, 0) is 11.2 Å². The summed E-state index contributed by atoms with van der Waals surface area (Å²) in [4.78, 5) is 26.5. The summed E-state index contributed by atoms with van der Waals surface area (Å²) in [6, 6.07) is 13.3. The van der Waals surface area contributed by atoms with E-state index in [-0.39, 0.29) is 5.91 Å². The van der Waals surface area contributed by atoms with Gasteiger partial charge in [0.1, 0.15) is 11.8 Å². The minimum Gasteiger partial charge on any atom is -0.497 e. The van der Waals surface area contributed by atoms with E-state index in [0.717, 1.165) is 11.1 Å². The molecule has 6 nitrogen and oxygen atoms in total. The second-order valence-corrected chi connectivity index (χ2v) is 5.55. The van der Waals surface area contributed by atoms with Crippen LogP contribution in [0.1, 0.15) is 27.5 Å². The summed E-state index contributed by atoms with van der Waals surface area (Å²) in [6.45, 7) is 0.403. The van der Waals surface area contributed by atoms with Gasteiger partial charge in [0, 0.05) is 12.1 Å². The molecule has 0 aromatic heterocycles. The minimum absolute atomic E-state index is 0.263. The molecule has 0 aliphatic carbocycles. The van der Waals surface area contributed by atoms with E-state index in [1.807, 2.05) is 24.3 Å². The van der Waals surface area contributed by atoms with Crippen LogP contribution in [0.25, 0.3) is 0 Å². The average molecular weight is 326 g/mol. The first-order valence-electron chi connectivity index (χ1n) is 7.62. The van der Waals surface area contributed by atoms with Crippen molar-refractivity contribution in [3.05, 3.63) is 65.2 Å². The third kappa shape index (κ3) is 2.83. The minimum atomic E-state index is -0.852. The van der Waals surface area contributed by atoms with Crippen LogP contribution in [0.5, 0.6) is 5.75 Å². The Morgan fingerprint density at radius 3 is 2.54 bits per heavy atom. The summed E-state index contributed by atoms with van der Waals surface area (Å²) < 4.78 is 5.10. The van der Waals surface area contributed by atoms with E-state index in [1.54, 1.807) is 36.9 Å². The molecular formula is C18H18N2O4. The third-order valence-corrected chi connectivity index (χ3v) is 4.24. The molecule has 0 saturated carbocycles. The first-order chi connectivity index (χ1) is 11.7. The van der Waals surface area contributed by atoms with Crippen LogP contribution in [0.15, 0.2) is 48.5 Å². The maximum atomic E-state index is 12.9. The highest BCUT2D eigenvalue weighted by atomic mass is 16.5. The number of hydroxylamine groups is 1. The zero-order valence-electron chi connectivity index (χ0n) is 13.2. The molecule has 1 aliphatic rings. The number of methoxy groups -OCH3 is 1. The molecule has 3 rings (SSSR count). The van der Waals surface area contributed by atoms with Crippen molar-refractivity contribution in [2.45, 2.75) is 12.5 Å². The van der Waals surface area contributed by atoms with Crippen molar-refractivity contribution >= 4 is 11.8 Å². The quantitative estimate of drug-likeness (QED) is 0.667. The Kier molecular flexibility index (Phi) is 4.48. The standard InChI is InChI=1S/C18H18N2O4/c1-24-14-8-6-13(7-9-14)18(22)20-11-10-12-4-2-3-5-15(12)16(20)17(21)19-23/h2-9,16,23H,10-11H2,1H3,(H,19,21)/t16-/m1/s1. The van der Waals surface area contributed by atoms with Gasteiger partial charge in [-0.05, 0) is 41.8 Å². The molecule has 0 radical (unpaired) electrons. The van der Waals surface area contributed by atoms with Gasteiger partial charge in [-0.3, -0.25) is 14.8 Å². The molecule has 0 saturated heterocycles. The van der Waals surface area contributed by atoms with Gasteiger partial charge in [-0.1, -0.05) is 24.3 Å². The zero-order valence-corrected chi connectivity index (χ0v) is 13.2. The van der Waals surface area contributed by atoms with E-state index in [9.17, 15) is 9.59 Å². The lowest BCUT2D eigenvalue weighted by Crippen LogP contribution is -2.46. The molecule has 1 atom stereocenters. The van der Waals surface area contributed by atoms with Crippen molar-refractivity contribution in [2.24, 2.45) is 0 Å². The second kappa shape index (κ2) is 6.72. The van der Waals surface area contributed by atoms with Crippen LogP contribution in [0.2, 0.25) is 0 Å². The molecule has 2 aromatic rings. The van der Waals surface area contributed by atoms with Gasteiger partial charge in [-0.25, -0.2) is 5.48 Å². The van der Waals surface area contributed by atoms with Gasteiger partial charge in [0.2, 0.25) is 0 Å². The van der Waals surface area contributed by atoms with Crippen LogP contribution in [0, 0.1) is 0 Å². The van der Waals surface area contributed by atoms with E-state index >= 15 is 0 Å². The summed E-state index contributed by atoms with van der Waals surface area (Å²) in [6.07, 6.45) is 0.660. The highest BCUT2D eigenvalue weighted by Crippen LogP contribution is 2.31. The van der Waals surface area contributed by atoms with Crippen LogP contribution < -0.4 is 10.2 Å². The van der Waals surface area contributed by atoms with E-state index in [1.165, 1.54) is 4.90 Å². The molecule has 124 valence electrons. The largest absolute Gasteiger partial charge is 0.497 e. The molecule has 1 aliphatic heterocycles. The molecule has 6 heteroatoms. The monoisotopic (exact) mass is 326 g/mol. The number of hydrogen-bond donors (Lipinski definition) is 2. The summed E-state index contributed by atoms with van der Waals surface area (Å²) in [7, 11) is 1.56. The van der Waals surface area contributed by atoms with Crippen LogP contribution >= 0.6 is 0 Å². The van der Waals surface area contributed by atoms with Crippen LogP contribution in [-0.4, -0.2) is 35.6 Å². The number of nitrogens with one attached hydrogen (secondary N) is 1. The molecule has 0 unspecified atom stereocenters. The first-order valence-corrected chi connectivity index (χ1v) is 7.62. The van der Waals surface area contributed by atoms with Crippen molar-refractivity contribution < 1.29 is 19.5 Å². The highest BCUT2D eigenvalue weighted by molar-refractivity contribution is 5.98. The van der Waals surface area contributed by atoms with Crippen LogP contribution in [0.3, 0.4) is 0 Å². The summed E-state index contributed by atoms with van der Waals surface area (Å²) in [5, 5.41) is 9.10. The fraction of sp³-hybridized carbons (Fsp3) is 0.222. The number of fused-ring (bicyclic) bond motifs is 1. The van der Waals surface area contributed by atoms with Gasteiger partial charge in [0.05, 0.1) is 7.11 Å². The molecule has 1 heterocycles. The third-order valence-electron chi connectivity index (χ3n) is 4.24. The molecule has 24 heavy (non-hydrogen) atoms. The Morgan fingerprint density at radius 1 is 1.17 bits per heavy atom. The maximum absolute atomic E-state index is 12.9. The number of carbonyl (C=O) groups excluding carboxylic acids is 2. The maximum Gasteiger partial charge on any atom is 0.270 e. The number of hydrogen-bond acceptors (Lipinski definition) is 4. The Labute approximate surface area is 139 Å². The van der Waals surface area contributed by atoms with Gasteiger partial charge in [-0.15, -0.1) is 0 Å². The molecule has 2 aromatic carbocycles. The second-order valence-electron chi connectivity index (χ2n) is 5.55. The fourth-order valence-corrected chi connectivity index (χ4v) is 3.03. The number of carbonyl (C=O) groups is 2. The van der Waals surface area contributed by atoms with Crippen molar-refractivity contribution in [2.75, 3.05) is 13.7 Å². The lowest BCUT2D eigenvalue weighted by atomic mass is 9.91. The summed E-state index contributed by atoms with van der Waals surface area (Å²) in [5.74, 6) is -0.232. The lowest BCUT2D eigenvalue weighted by molar-refractivity contribution is -0.134. The van der Waals surface area contributed by atoms with Gasteiger partial charge < -0.3 is 9.64 Å². The Morgan fingerprint density at radius 2 is 1.88 bits per heavy atom. The summed E-state index contributed by atoms with van der Waals surface area (Å²) in [5.41, 5.74) is 3.88. The fourth-order valence-electron chi connectivity index (χ4n) is 3.03. The summed E-state index contributed by atoms with van der Waals surface area (Å²) >= 11 is 0. The topological polar surface area (TPSA) is 78.9 Å². The van der Waals surface area contributed by atoms with Gasteiger partial charge in [0.25, 0.3) is 11.8 Å². The Hall–Kier alpha value is -2.86. The predicted octanol–water partition coefficient (Wildman–Crippen LogP) is 1.94. The average Bonchev–Trinajstić information content (AvgIpc) is 2.66. The van der Waals surface area contributed by atoms with Crippen molar-refractivity contribution in [1.29, 1.82) is 0 Å². The predicted molar refractivity (Wildman–Crippen MR) is 86.8 cm³/mol. The Balaban J connectivity index is 1.96. The molecule has 2 N–H and O–H groups in total. The van der Waals surface area contributed by atoms with Crippen molar-refractivity contribution in [1.82, 2.24) is 10.4 Å². The molecular weight excluding hydrogens is 308 g/mol.